The fraction of sp³-hybridized carbons (Fsp3) is 0.562. The highest BCUT2D eigenvalue weighted by Gasteiger charge is 1.99. The molecule has 0 radical (unpaired) electrons. The highest BCUT2D eigenvalue weighted by Crippen LogP contribution is 2.14. The van der Waals surface area contributed by atoms with E-state index in [9.17, 15) is 0 Å². The summed E-state index contributed by atoms with van der Waals surface area (Å²) < 4.78 is 10.6. The van der Waals surface area contributed by atoms with Gasteiger partial charge in [0, 0.05) is 20.2 Å². The van der Waals surface area contributed by atoms with E-state index in [4.69, 9.17) is 9.47 Å². The maximum atomic E-state index is 5.60. The first-order chi connectivity index (χ1) is 10.3. The quantitative estimate of drug-likeness (QED) is 0.279. The Kier molecular flexibility index (Phi) is 13.0. The van der Waals surface area contributed by atoms with Gasteiger partial charge in [0.1, 0.15) is 12.4 Å². The van der Waals surface area contributed by atoms with Gasteiger partial charge >= 0.3 is 0 Å². The smallest absolute Gasteiger partial charge is 0.191 e. The summed E-state index contributed by atoms with van der Waals surface area (Å²) in [5.41, 5.74) is 1.12. The molecule has 0 heterocycles. The van der Waals surface area contributed by atoms with E-state index in [0.717, 1.165) is 36.8 Å². The van der Waals surface area contributed by atoms with Crippen LogP contribution in [0.3, 0.4) is 0 Å². The monoisotopic (exact) mass is 421 g/mol. The summed E-state index contributed by atoms with van der Waals surface area (Å²) in [4.78, 5) is 4.57. The number of nitrogens with one attached hydrogen (secondary N) is 2. The van der Waals surface area contributed by atoms with Crippen LogP contribution in [0.5, 0.6) is 5.75 Å². The summed E-state index contributed by atoms with van der Waals surface area (Å²) in [6, 6.07) is 8.00. The van der Waals surface area contributed by atoms with Crippen LogP contribution in [-0.2, 0) is 11.3 Å². The van der Waals surface area contributed by atoms with E-state index >= 15 is 0 Å². The minimum Gasteiger partial charge on any atom is -0.491 e. The number of nitrogens with zero attached hydrogens (tertiary/aromatic N) is 1. The summed E-state index contributed by atoms with van der Waals surface area (Å²) >= 11 is 0. The minimum absolute atomic E-state index is 0. The lowest BCUT2D eigenvalue weighted by Gasteiger charge is -2.10. The molecule has 0 aromatic heterocycles. The normalized spacial score (nSPS) is 10.8. The third-order valence-electron chi connectivity index (χ3n) is 2.76. The zero-order valence-corrected chi connectivity index (χ0v) is 16.1. The van der Waals surface area contributed by atoms with Crippen molar-refractivity contribution in [1.82, 2.24) is 10.6 Å². The van der Waals surface area contributed by atoms with Crippen molar-refractivity contribution in [3.8, 4) is 5.75 Å². The van der Waals surface area contributed by atoms with Crippen LogP contribution in [0.25, 0.3) is 0 Å². The predicted octanol–water partition coefficient (Wildman–Crippen LogP) is 2.79. The Hall–Kier alpha value is -1.02. The van der Waals surface area contributed by atoms with Gasteiger partial charge in [-0.2, -0.15) is 0 Å². The van der Waals surface area contributed by atoms with E-state index in [1.54, 1.807) is 7.11 Å². The Labute approximate surface area is 150 Å². The predicted molar refractivity (Wildman–Crippen MR) is 102 cm³/mol. The molecule has 0 aliphatic heterocycles. The zero-order valence-electron chi connectivity index (χ0n) is 13.7. The first kappa shape index (κ1) is 21.0. The second-order valence-electron chi connectivity index (χ2n) is 4.61. The molecule has 0 saturated heterocycles. The largest absolute Gasteiger partial charge is 0.491 e. The lowest BCUT2D eigenvalue weighted by atomic mass is 10.2. The third-order valence-corrected chi connectivity index (χ3v) is 2.76. The number of rotatable bonds is 9. The Bertz CT molecular complexity index is 428. The second-order valence-corrected chi connectivity index (χ2v) is 4.61. The molecule has 5 nitrogen and oxygen atoms in total. The van der Waals surface area contributed by atoms with Gasteiger partial charge in [0.15, 0.2) is 5.96 Å². The highest BCUT2D eigenvalue weighted by atomic mass is 127. The lowest BCUT2D eigenvalue weighted by molar-refractivity contribution is 0.146. The average molecular weight is 421 g/mol. The Balaban J connectivity index is 0.00000441. The first-order valence-electron chi connectivity index (χ1n) is 7.53. The summed E-state index contributed by atoms with van der Waals surface area (Å²) in [6.45, 7) is 7.75. The summed E-state index contributed by atoms with van der Waals surface area (Å²) in [7, 11) is 1.67. The van der Waals surface area contributed by atoms with Crippen LogP contribution in [0.2, 0.25) is 0 Å². The maximum Gasteiger partial charge on any atom is 0.191 e. The molecular weight excluding hydrogens is 393 g/mol. The molecule has 1 aromatic rings. The summed E-state index contributed by atoms with van der Waals surface area (Å²) in [6.07, 6.45) is 1.08. The van der Waals surface area contributed by atoms with Gasteiger partial charge in [-0.1, -0.05) is 19.1 Å². The molecule has 0 aliphatic rings. The van der Waals surface area contributed by atoms with Crippen LogP contribution in [0, 0.1) is 0 Å². The number of hydrogen-bond donors (Lipinski definition) is 2. The maximum absolute atomic E-state index is 5.60. The van der Waals surface area contributed by atoms with Gasteiger partial charge in [-0.25, -0.2) is 4.99 Å². The van der Waals surface area contributed by atoms with Gasteiger partial charge in [0.25, 0.3) is 0 Å². The van der Waals surface area contributed by atoms with Crippen LogP contribution < -0.4 is 15.4 Å². The number of aliphatic imine (C=N–C) groups is 1. The molecule has 0 aliphatic carbocycles. The van der Waals surface area contributed by atoms with Crippen molar-refractivity contribution in [1.29, 1.82) is 0 Å². The van der Waals surface area contributed by atoms with Crippen molar-refractivity contribution >= 4 is 29.9 Å². The van der Waals surface area contributed by atoms with E-state index < -0.39 is 0 Å². The van der Waals surface area contributed by atoms with E-state index in [0.29, 0.717) is 19.8 Å². The van der Waals surface area contributed by atoms with Gasteiger partial charge in [-0.05, 0) is 31.0 Å². The van der Waals surface area contributed by atoms with Crippen LogP contribution in [0.4, 0.5) is 0 Å². The van der Waals surface area contributed by atoms with Gasteiger partial charge in [0.2, 0.25) is 0 Å². The number of hydrogen-bond acceptors (Lipinski definition) is 3. The van der Waals surface area contributed by atoms with Crippen LogP contribution in [-0.4, -0.2) is 39.4 Å². The van der Waals surface area contributed by atoms with Crippen molar-refractivity contribution < 1.29 is 9.47 Å². The molecule has 0 amide bonds. The molecule has 6 heteroatoms. The molecule has 0 atom stereocenters. The number of benzene rings is 1. The van der Waals surface area contributed by atoms with E-state index in [2.05, 4.69) is 35.5 Å². The number of methoxy groups -OCH3 is 1. The van der Waals surface area contributed by atoms with Gasteiger partial charge < -0.3 is 20.1 Å². The topological polar surface area (TPSA) is 54.9 Å². The molecule has 0 fully saturated rings. The van der Waals surface area contributed by atoms with Crippen LogP contribution in [0.1, 0.15) is 25.8 Å². The molecule has 0 bridgehead atoms. The number of ether oxygens (including phenoxy) is 2. The number of guanidine groups is 1. The van der Waals surface area contributed by atoms with Crippen molar-refractivity contribution in [3.63, 3.8) is 0 Å². The van der Waals surface area contributed by atoms with Gasteiger partial charge in [-0.15, -0.1) is 24.0 Å². The molecule has 0 saturated carbocycles. The van der Waals surface area contributed by atoms with Gasteiger partial charge in [-0.3, -0.25) is 0 Å². The highest BCUT2D eigenvalue weighted by molar-refractivity contribution is 14.0. The SMILES string of the molecule is CCCNC(=NCc1cccc(OCCOC)c1)NCC.I. The first-order valence-corrected chi connectivity index (χ1v) is 7.53. The van der Waals surface area contributed by atoms with E-state index in [1.165, 1.54) is 0 Å². The van der Waals surface area contributed by atoms with Gasteiger partial charge in [0.05, 0.1) is 13.2 Å². The molecule has 22 heavy (non-hydrogen) atoms. The fourth-order valence-electron chi connectivity index (χ4n) is 1.73. The molecule has 0 spiro atoms. The lowest BCUT2D eigenvalue weighted by Crippen LogP contribution is -2.37. The molecule has 1 aromatic carbocycles. The Morgan fingerprint density at radius 2 is 2.00 bits per heavy atom. The molecule has 2 N–H and O–H groups in total. The molecular formula is C16H28IN3O2. The summed E-state index contributed by atoms with van der Waals surface area (Å²) in [5, 5.41) is 6.52. The van der Waals surface area contributed by atoms with Crippen LogP contribution >= 0.6 is 24.0 Å². The number of halogens is 1. The third kappa shape index (κ3) is 9.09. The Morgan fingerprint density at radius 3 is 2.68 bits per heavy atom. The molecule has 126 valence electrons. The Morgan fingerprint density at radius 1 is 1.18 bits per heavy atom. The van der Waals surface area contributed by atoms with Crippen molar-refractivity contribution in [2.75, 3.05) is 33.4 Å². The molecule has 1 rings (SSSR count). The van der Waals surface area contributed by atoms with Crippen LogP contribution in [0.15, 0.2) is 29.3 Å². The second kappa shape index (κ2) is 13.6. The molecule has 0 unspecified atom stereocenters. The average Bonchev–Trinajstić information content (AvgIpc) is 2.51. The van der Waals surface area contributed by atoms with E-state index in [-0.39, 0.29) is 24.0 Å². The standard InChI is InChI=1S/C16H27N3O2.HI/c1-4-9-18-16(17-5-2)19-13-14-7-6-8-15(12-14)21-11-10-20-3;/h6-8,12H,4-5,9-11,13H2,1-3H3,(H2,17,18,19);1H. The van der Waals surface area contributed by atoms with Crippen molar-refractivity contribution in [2.24, 2.45) is 4.99 Å². The summed E-state index contributed by atoms with van der Waals surface area (Å²) in [5.74, 6) is 1.70. The fourth-order valence-corrected chi connectivity index (χ4v) is 1.73. The van der Waals surface area contributed by atoms with Crippen molar-refractivity contribution in [3.05, 3.63) is 29.8 Å². The van der Waals surface area contributed by atoms with Crippen molar-refractivity contribution in [2.45, 2.75) is 26.8 Å². The minimum atomic E-state index is 0. The van der Waals surface area contributed by atoms with E-state index in [1.807, 2.05) is 18.2 Å². The zero-order chi connectivity index (χ0) is 15.3.